The Bertz CT molecular complexity index is 1200. The van der Waals surface area contributed by atoms with Crippen LogP contribution in [0.3, 0.4) is 0 Å². The van der Waals surface area contributed by atoms with Gasteiger partial charge in [-0.3, -0.25) is 9.69 Å². The van der Waals surface area contributed by atoms with Crippen molar-refractivity contribution in [3.8, 4) is 5.75 Å². The zero-order valence-electron chi connectivity index (χ0n) is 18.4. The number of hydrogen-bond donors (Lipinski definition) is 0. The second kappa shape index (κ2) is 10.2. The molecule has 1 amide bonds. The summed E-state index contributed by atoms with van der Waals surface area (Å²) >= 11 is 3.27. The van der Waals surface area contributed by atoms with Crippen LogP contribution in [0.2, 0.25) is 0 Å². The smallest absolute Gasteiger partial charge is 0.260 e. The van der Waals surface area contributed by atoms with Crippen LogP contribution in [0.1, 0.15) is 29.3 Å². The molecule has 0 aliphatic rings. The van der Waals surface area contributed by atoms with Crippen LogP contribution in [-0.4, -0.2) is 39.8 Å². The van der Waals surface area contributed by atoms with Gasteiger partial charge in [0.1, 0.15) is 11.3 Å². The van der Waals surface area contributed by atoms with E-state index in [1.54, 1.807) is 36.3 Å². The van der Waals surface area contributed by atoms with E-state index in [0.29, 0.717) is 17.2 Å². The maximum absolute atomic E-state index is 13.6. The number of ether oxygens (including phenoxy) is 1. The van der Waals surface area contributed by atoms with Crippen LogP contribution < -0.4 is 9.64 Å². The number of imidazole rings is 1. The molecular weight excluding hydrogens is 440 g/mol. The van der Waals surface area contributed by atoms with Gasteiger partial charge >= 0.3 is 0 Å². The molecule has 2 aromatic heterocycles. The Morgan fingerprint density at radius 1 is 1.28 bits per heavy atom. The van der Waals surface area contributed by atoms with Crippen molar-refractivity contribution in [3.63, 3.8) is 0 Å². The highest BCUT2D eigenvalue weighted by molar-refractivity contribution is 7.99. The number of methoxy groups -OCH3 is 1. The first-order valence-electron chi connectivity index (χ1n) is 10.5. The number of aryl methyl sites for hydroxylation is 2. The number of thioether (sulfide) groups is 1. The number of carbonyl (C=O) groups is 1. The summed E-state index contributed by atoms with van der Waals surface area (Å²) in [7, 11) is 1.65. The maximum Gasteiger partial charge on any atom is 0.260 e. The van der Waals surface area contributed by atoms with Crippen LogP contribution in [0.4, 0.5) is 5.13 Å². The van der Waals surface area contributed by atoms with Gasteiger partial charge in [-0.1, -0.05) is 30.4 Å². The molecule has 2 aromatic carbocycles. The van der Waals surface area contributed by atoms with Gasteiger partial charge in [0.15, 0.2) is 5.13 Å². The zero-order chi connectivity index (χ0) is 22.5. The second-order valence-electron chi connectivity index (χ2n) is 7.33. The Balaban J connectivity index is 1.68. The van der Waals surface area contributed by atoms with Crippen molar-refractivity contribution in [1.29, 1.82) is 0 Å². The molecule has 4 aromatic rings. The number of aromatic nitrogens is 3. The Kier molecular flexibility index (Phi) is 7.12. The first kappa shape index (κ1) is 22.4. The van der Waals surface area contributed by atoms with Gasteiger partial charge in [-0.2, -0.15) is 0 Å². The summed E-state index contributed by atoms with van der Waals surface area (Å²) in [6.45, 7) is 5.50. The van der Waals surface area contributed by atoms with E-state index in [9.17, 15) is 4.79 Å². The van der Waals surface area contributed by atoms with Gasteiger partial charge in [-0.25, -0.2) is 9.97 Å². The van der Waals surface area contributed by atoms with Gasteiger partial charge in [0.05, 0.1) is 18.1 Å². The predicted molar refractivity (Wildman–Crippen MR) is 132 cm³/mol. The molecule has 0 fully saturated rings. The summed E-state index contributed by atoms with van der Waals surface area (Å²) in [5, 5.41) is 0.691. The van der Waals surface area contributed by atoms with Crippen LogP contribution in [0, 0.1) is 6.92 Å². The Morgan fingerprint density at radius 3 is 2.91 bits per heavy atom. The molecule has 4 rings (SSSR count). The minimum absolute atomic E-state index is 0.0372. The SMILES string of the molecule is CCSc1cccc(C(=O)N(CCCn2ccnc2)c2nc3c(OC)ccc(C)c3s2)c1. The van der Waals surface area contributed by atoms with Crippen molar-refractivity contribution in [2.75, 3.05) is 24.3 Å². The normalized spacial score (nSPS) is 11.1. The predicted octanol–water partition coefficient (Wildman–Crippen LogP) is 5.66. The highest BCUT2D eigenvalue weighted by atomic mass is 32.2. The fraction of sp³-hybridized carbons (Fsp3) is 0.292. The summed E-state index contributed by atoms with van der Waals surface area (Å²) in [6, 6.07) is 11.8. The molecule has 0 unspecified atom stereocenters. The number of rotatable bonds is 9. The van der Waals surface area contributed by atoms with Gasteiger partial charge in [0.25, 0.3) is 5.91 Å². The number of nitrogens with zero attached hydrogens (tertiary/aromatic N) is 4. The number of anilines is 1. The van der Waals surface area contributed by atoms with Crippen LogP contribution in [0.5, 0.6) is 5.75 Å². The number of thiazole rings is 1. The van der Waals surface area contributed by atoms with Gasteiger partial charge in [-0.05, 0) is 48.9 Å². The third-order valence-electron chi connectivity index (χ3n) is 5.14. The molecule has 0 bridgehead atoms. The molecule has 2 heterocycles. The zero-order valence-corrected chi connectivity index (χ0v) is 20.1. The summed E-state index contributed by atoms with van der Waals surface area (Å²) in [5.74, 6) is 1.65. The van der Waals surface area contributed by atoms with Crippen LogP contribution in [-0.2, 0) is 6.54 Å². The molecule has 32 heavy (non-hydrogen) atoms. The molecule has 0 aliphatic heterocycles. The summed E-state index contributed by atoms with van der Waals surface area (Å²) < 4.78 is 8.59. The van der Waals surface area contributed by atoms with E-state index >= 15 is 0 Å². The third-order valence-corrected chi connectivity index (χ3v) is 7.23. The molecule has 6 nitrogen and oxygen atoms in total. The summed E-state index contributed by atoms with van der Waals surface area (Å²) in [5.41, 5.74) is 2.60. The number of hydrogen-bond acceptors (Lipinski definition) is 6. The standard InChI is InChI=1S/C24H26N4O2S2/c1-4-31-19-8-5-7-18(15-19)23(29)28(13-6-12-27-14-11-25-16-27)24-26-21-20(30-3)10-9-17(2)22(21)32-24/h5,7-11,14-16H,4,6,12-13H2,1-3H3. The fourth-order valence-electron chi connectivity index (χ4n) is 3.53. The first-order chi connectivity index (χ1) is 15.6. The molecular formula is C24H26N4O2S2. The van der Waals surface area contributed by atoms with E-state index in [-0.39, 0.29) is 5.91 Å². The van der Waals surface area contributed by atoms with Crippen molar-refractivity contribution in [1.82, 2.24) is 14.5 Å². The molecule has 0 atom stereocenters. The minimum Gasteiger partial charge on any atom is -0.494 e. The monoisotopic (exact) mass is 466 g/mol. The van der Waals surface area contributed by atoms with Crippen molar-refractivity contribution in [2.45, 2.75) is 31.7 Å². The molecule has 0 saturated heterocycles. The lowest BCUT2D eigenvalue weighted by Crippen LogP contribution is -2.32. The average molecular weight is 467 g/mol. The van der Waals surface area contributed by atoms with Crippen molar-refractivity contribution >= 4 is 44.4 Å². The van der Waals surface area contributed by atoms with E-state index in [4.69, 9.17) is 9.72 Å². The first-order valence-corrected chi connectivity index (χ1v) is 12.4. The average Bonchev–Trinajstić information content (AvgIpc) is 3.48. The summed E-state index contributed by atoms with van der Waals surface area (Å²) in [4.78, 5) is 25.5. The largest absolute Gasteiger partial charge is 0.494 e. The molecule has 0 saturated carbocycles. The highest BCUT2D eigenvalue weighted by Crippen LogP contribution is 2.37. The van der Waals surface area contributed by atoms with E-state index in [1.807, 2.05) is 47.2 Å². The third kappa shape index (κ3) is 4.81. The van der Waals surface area contributed by atoms with Crippen LogP contribution in [0.15, 0.2) is 60.0 Å². The van der Waals surface area contributed by atoms with E-state index in [2.05, 4.69) is 18.8 Å². The van der Waals surface area contributed by atoms with Gasteiger partial charge in [0.2, 0.25) is 0 Å². The highest BCUT2D eigenvalue weighted by Gasteiger charge is 2.23. The number of benzene rings is 2. The second-order valence-corrected chi connectivity index (χ2v) is 9.65. The lowest BCUT2D eigenvalue weighted by Gasteiger charge is -2.20. The maximum atomic E-state index is 13.6. The molecule has 0 aliphatic carbocycles. The van der Waals surface area contributed by atoms with E-state index in [0.717, 1.165) is 45.1 Å². The number of amides is 1. The van der Waals surface area contributed by atoms with E-state index < -0.39 is 0 Å². The van der Waals surface area contributed by atoms with E-state index in [1.165, 1.54) is 11.3 Å². The van der Waals surface area contributed by atoms with Crippen molar-refractivity contribution in [2.24, 2.45) is 0 Å². The Labute approximate surface area is 196 Å². The lowest BCUT2D eigenvalue weighted by atomic mass is 10.2. The van der Waals surface area contributed by atoms with Crippen LogP contribution >= 0.6 is 23.1 Å². The number of fused-ring (bicyclic) bond motifs is 1. The topological polar surface area (TPSA) is 60.2 Å². The van der Waals surface area contributed by atoms with Crippen molar-refractivity contribution in [3.05, 3.63) is 66.2 Å². The molecule has 0 spiro atoms. The molecule has 166 valence electrons. The van der Waals surface area contributed by atoms with Gasteiger partial charge < -0.3 is 9.30 Å². The fourth-order valence-corrected chi connectivity index (χ4v) is 5.33. The molecule has 8 heteroatoms. The Morgan fingerprint density at radius 2 is 2.16 bits per heavy atom. The Hall–Kier alpha value is -2.84. The van der Waals surface area contributed by atoms with Gasteiger partial charge in [0, 0.05) is 35.9 Å². The van der Waals surface area contributed by atoms with Gasteiger partial charge in [-0.15, -0.1) is 11.8 Å². The quantitative estimate of drug-likeness (QED) is 0.298. The minimum atomic E-state index is -0.0372. The number of carbonyl (C=O) groups excluding carboxylic acids is 1. The lowest BCUT2D eigenvalue weighted by molar-refractivity contribution is 0.0986. The molecule has 0 N–H and O–H groups in total. The van der Waals surface area contributed by atoms with Crippen molar-refractivity contribution < 1.29 is 9.53 Å². The van der Waals surface area contributed by atoms with Crippen LogP contribution in [0.25, 0.3) is 10.2 Å². The summed E-state index contributed by atoms with van der Waals surface area (Å²) in [6.07, 6.45) is 6.28. The molecule has 0 radical (unpaired) electrons.